The van der Waals surface area contributed by atoms with Crippen molar-refractivity contribution in [3.8, 4) is 11.5 Å². The molecule has 102 valence electrons. The molecule has 0 saturated heterocycles. The second-order valence-corrected chi connectivity index (χ2v) is 4.78. The first-order valence-electron chi connectivity index (χ1n) is 5.99. The second kappa shape index (κ2) is 5.57. The van der Waals surface area contributed by atoms with Gasteiger partial charge in [-0.3, -0.25) is 0 Å². The van der Waals surface area contributed by atoms with Crippen molar-refractivity contribution in [1.82, 2.24) is 0 Å². The van der Waals surface area contributed by atoms with Crippen LogP contribution in [0.5, 0.6) is 11.5 Å². The largest absolute Gasteiger partial charge is 0.493 e. The van der Waals surface area contributed by atoms with Gasteiger partial charge in [0.25, 0.3) is 0 Å². The lowest BCUT2D eigenvalue weighted by atomic mass is 10.0. The monoisotopic (exact) mass is 280 g/mol. The highest BCUT2D eigenvalue weighted by Crippen LogP contribution is 2.37. The highest BCUT2D eigenvalue weighted by Gasteiger charge is 2.18. The zero-order valence-electron chi connectivity index (χ0n) is 11.5. The number of halogens is 1. The van der Waals surface area contributed by atoms with E-state index >= 15 is 0 Å². The van der Waals surface area contributed by atoms with Crippen LogP contribution >= 0.6 is 11.6 Å². The van der Waals surface area contributed by atoms with Gasteiger partial charge in [0.15, 0.2) is 11.5 Å². The number of ether oxygens (including phenoxy) is 2. The molecular formula is C15H17ClO3. The van der Waals surface area contributed by atoms with E-state index in [-0.39, 0.29) is 5.38 Å². The van der Waals surface area contributed by atoms with Gasteiger partial charge in [-0.05, 0) is 37.6 Å². The minimum atomic E-state index is -0.266. The van der Waals surface area contributed by atoms with Crippen LogP contribution in [0.25, 0.3) is 0 Å². The van der Waals surface area contributed by atoms with Crippen molar-refractivity contribution in [3.05, 3.63) is 46.9 Å². The SMILES string of the molecule is COc1ccc(C(Cl)c2cc(C)oc2C)cc1OC. The maximum atomic E-state index is 6.52. The van der Waals surface area contributed by atoms with Crippen molar-refractivity contribution in [2.75, 3.05) is 14.2 Å². The molecule has 0 aliphatic carbocycles. The van der Waals surface area contributed by atoms with Crippen LogP contribution in [-0.2, 0) is 0 Å². The summed E-state index contributed by atoms with van der Waals surface area (Å²) in [6, 6.07) is 7.63. The summed E-state index contributed by atoms with van der Waals surface area (Å²) < 4.78 is 16.0. The van der Waals surface area contributed by atoms with Gasteiger partial charge in [-0.2, -0.15) is 0 Å². The molecule has 0 N–H and O–H groups in total. The lowest BCUT2D eigenvalue weighted by molar-refractivity contribution is 0.354. The quantitative estimate of drug-likeness (QED) is 0.785. The molecule has 4 heteroatoms. The van der Waals surface area contributed by atoms with E-state index in [9.17, 15) is 0 Å². The van der Waals surface area contributed by atoms with Crippen LogP contribution in [0.1, 0.15) is 28.0 Å². The predicted molar refractivity (Wildman–Crippen MR) is 75.4 cm³/mol. The summed E-state index contributed by atoms with van der Waals surface area (Å²) >= 11 is 6.52. The average Bonchev–Trinajstić information content (AvgIpc) is 2.76. The number of alkyl halides is 1. The van der Waals surface area contributed by atoms with Gasteiger partial charge < -0.3 is 13.9 Å². The zero-order valence-corrected chi connectivity index (χ0v) is 12.2. The summed E-state index contributed by atoms with van der Waals surface area (Å²) in [6.45, 7) is 3.83. The predicted octanol–water partition coefficient (Wildman–Crippen LogP) is 4.24. The van der Waals surface area contributed by atoms with Crippen LogP contribution in [0, 0.1) is 13.8 Å². The smallest absolute Gasteiger partial charge is 0.161 e. The molecule has 19 heavy (non-hydrogen) atoms. The fraction of sp³-hybridized carbons (Fsp3) is 0.333. The first kappa shape index (κ1) is 13.8. The van der Waals surface area contributed by atoms with Crippen LogP contribution in [0.15, 0.2) is 28.7 Å². The van der Waals surface area contributed by atoms with Crippen molar-refractivity contribution < 1.29 is 13.9 Å². The molecule has 3 nitrogen and oxygen atoms in total. The minimum absolute atomic E-state index is 0.266. The molecule has 1 aromatic heterocycles. The molecule has 0 aliphatic heterocycles. The number of hydrogen-bond acceptors (Lipinski definition) is 3. The number of furan rings is 1. The third kappa shape index (κ3) is 2.71. The van der Waals surface area contributed by atoms with Crippen molar-refractivity contribution >= 4 is 11.6 Å². The molecule has 0 aliphatic rings. The van der Waals surface area contributed by atoms with Crippen LogP contribution < -0.4 is 9.47 Å². The molecule has 0 saturated carbocycles. The summed E-state index contributed by atoms with van der Waals surface area (Å²) in [5.74, 6) is 3.06. The van der Waals surface area contributed by atoms with Crippen molar-refractivity contribution in [1.29, 1.82) is 0 Å². The third-order valence-electron chi connectivity index (χ3n) is 3.05. The summed E-state index contributed by atoms with van der Waals surface area (Å²) in [5, 5.41) is -0.266. The molecule has 1 unspecified atom stereocenters. The number of benzene rings is 1. The molecule has 0 spiro atoms. The Morgan fingerprint density at radius 2 is 1.74 bits per heavy atom. The number of methoxy groups -OCH3 is 2. The van der Waals surface area contributed by atoms with E-state index in [2.05, 4.69) is 0 Å². The van der Waals surface area contributed by atoms with Crippen molar-refractivity contribution in [2.24, 2.45) is 0 Å². The summed E-state index contributed by atoms with van der Waals surface area (Å²) in [5.41, 5.74) is 1.93. The second-order valence-electron chi connectivity index (χ2n) is 4.35. The van der Waals surface area contributed by atoms with E-state index < -0.39 is 0 Å². The third-order valence-corrected chi connectivity index (χ3v) is 3.54. The molecular weight excluding hydrogens is 264 g/mol. The van der Waals surface area contributed by atoms with E-state index in [0.29, 0.717) is 11.5 Å². The van der Waals surface area contributed by atoms with Crippen molar-refractivity contribution in [2.45, 2.75) is 19.2 Å². The topological polar surface area (TPSA) is 31.6 Å². The molecule has 0 amide bonds. The Balaban J connectivity index is 2.39. The molecule has 0 fully saturated rings. The highest BCUT2D eigenvalue weighted by molar-refractivity contribution is 6.22. The zero-order chi connectivity index (χ0) is 14.0. The summed E-state index contributed by atoms with van der Waals surface area (Å²) in [6.07, 6.45) is 0. The van der Waals surface area contributed by atoms with Crippen LogP contribution in [-0.4, -0.2) is 14.2 Å². The summed E-state index contributed by atoms with van der Waals surface area (Å²) in [4.78, 5) is 0. The first-order valence-corrected chi connectivity index (χ1v) is 6.43. The molecule has 0 bridgehead atoms. The van der Waals surface area contributed by atoms with Gasteiger partial charge in [-0.1, -0.05) is 6.07 Å². The van der Waals surface area contributed by atoms with E-state index in [1.807, 2.05) is 38.1 Å². The van der Waals surface area contributed by atoms with Crippen LogP contribution in [0.2, 0.25) is 0 Å². The lowest BCUT2D eigenvalue weighted by Crippen LogP contribution is -1.96. The standard InChI is InChI=1S/C15H17ClO3/c1-9-7-12(10(2)19-9)15(16)11-5-6-13(17-3)14(8-11)18-4/h5-8,15H,1-4H3. The van der Waals surface area contributed by atoms with Gasteiger partial charge >= 0.3 is 0 Å². The molecule has 0 radical (unpaired) electrons. The number of hydrogen-bond donors (Lipinski definition) is 0. The molecule has 1 heterocycles. The van der Waals surface area contributed by atoms with Crippen molar-refractivity contribution in [3.63, 3.8) is 0 Å². The Labute approximate surface area is 118 Å². The van der Waals surface area contributed by atoms with E-state index in [1.54, 1.807) is 14.2 Å². The van der Waals surface area contributed by atoms with Gasteiger partial charge in [-0.25, -0.2) is 0 Å². The molecule has 2 rings (SSSR count). The van der Waals surface area contributed by atoms with Gasteiger partial charge in [-0.15, -0.1) is 11.6 Å². The van der Waals surface area contributed by atoms with Gasteiger partial charge in [0.2, 0.25) is 0 Å². The lowest BCUT2D eigenvalue weighted by Gasteiger charge is -2.13. The molecule has 2 aromatic rings. The normalized spacial score (nSPS) is 12.3. The Morgan fingerprint density at radius 3 is 2.26 bits per heavy atom. The molecule has 1 aromatic carbocycles. The minimum Gasteiger partial charge on any atom is -0.493 e. The number of rotatable bonds is 4. The Hall–Kier alpha value is -1.61. The summed E-state index contributed by atoms with van der Waals surface area (Å²) in [7, 11) is 3.22. The van der Waals surface area contributed by atoms with Gasteiger partial charge in [0.05, 0.1) is 19.6 Å². The fourth-order valence-corrected chi connectivity index (χ4v) is 2.44. The van der Waals surface area contributed by atoms with Crippen LogP contribution in [0.3, 0.4) is 0 Å². The highest BCUT2D eigenvalue weighted by atomic mass is 35.5. The fourth-order valence-electron chi connectivity index (χ4n) is 2.09. The Morgan fingerprint density at radius 1 is 1.05 bits per heavy atom. The van der Waals surface area contributed by atoms with Gasteiger partial charge in [0, 0.05) is 5.56 Å². The van der Waals surface area contributed by atoms with E-state index in [0.717, 1.165) is 22.6 Å². The Kier molecular flexibility index (Phi) is 4.05. The Bertz CT molecular complexity index is 575. The van der Waals surface area contributed by atoms with Gasteiger partial charge in [0.1, 0.15) is 11.5 Å². The van der Waals surface area contributed by atoms with Crippen LogP contribution in [0.4, 0.5) is 0 Å². The average molecular weight is 281 g/mol. The first-order chi connectivity index (χ1) is 9.06. The molecule has 1 atom stereocenters. The van der Waals surface area contributed by atoms with E-state index in [4.69, 9.17) is 25.5 Å². The maximum absolute atomic E-state index is 6.52. The number of aryl methyl sites for hydroxylation is 2. The maximum Gasteiger partial charge on any atom is 0.161 e. The van der Waals surface area contributed by atoms with E-state index in [1.165, 1.54) is 0 Å².